The van der Waals surface area contributed by atoms with E-state index < -0.39 is 5.82 Å². The molecule has 1 fully saturated rings. The fourth-order valence-electron chi connectivity index (χ4n) is 1.27. The van der Waals surface area contributed by atoms with Crippen molar-refractivity contribution in [3.8, 4) is 0 Å². The van der Waals surface area contributed by atoms with Gasteiger partial charge in [-0.15, -0.1) is 0 Å². The first-order chi connectivity index (χ1) is 6.29. The Kier molecular flexibility index (Phi) is 2.06. The molecule has 0 aliphatic carbocycles. The van der Waals surface area contributed by atoms with Crippen LogP contribution < -0.4 is 5.32 Å². The summed E-state index contributed by atoms with van der Waals surface area (Å²) in [7, 11) is 0. The summed E-state index contributed by atoms with van der Waals surface area (Å²) in [5.41, 5.74) is 0.154. The van der Waals surface area contributed by atoms with Crippen molar-refractivity contribution in [1.29, 1.82) is 0 Å². The number of nitrogens with one attached hydrogen (secondary N) is 1. The number of Topliss-reactive ketones (excluding diaryl/α,β-unsaturated/α-hetero) is 1. The van der Waals surface area contributed by atoms with E-state index in [1.807, 2.05) is 0 Å². The highest BCUT2D eigenvalue weighted by Crippen LogP contribution is 2.14. The molecule has 2 heterocycles. The highest BCUT2D eigenvalue weighted by molar-refractivity contribution is 5.98. The molecule has 1 aromatic rings. The molecule has 0 saturated carbocycles. The molecular weight excluding hydrogens is 171 g/mol. The van der Waals surface area contributed by atoms with E-state index in [-0.39, 0.29) is 17.3 Å². The first-order valence-corrected chi connectivity index (χ1v) is 4.13. The Morgan fingerprint density at radius 1 is 1.62 bits per heavy atom. The van der Waals surface area contributed by atoms with E-state index in [0.717, 1.165) is 6.20 Å². The number of halogens is 1. The highest BCUT2D eigenvalue weighted by atomic mass is 19.1. The van der Waals surface area contributed by atoms with E-state index in [0.29, 0.717) is 13.1 Å². The third-order valence-corrected chi connectivity index (χ3v) is 2.19. The molecule has 0 atom stereocenters. The van der Waals surface area contributed by atoms with Crippen LogP contribution in [0.15, 0.2) is 18.5 Å². The zero-order valence-corrected chi connectivity index (χ0v) is 6.96. The molecule has 0 unspecified atom stereocenters. The van der Waals surface area contributed by atoms with Crippen LogP contribution in [0.2, 0.25) is 0 Å². The molecule has 0 amide bonds. The lowest BCUT2D eigenvalue weighted by molar-refractivity contribution is 0.0873. The predicted octanol–water partition coefficient (Wildman–Crippen LogP) is 0.623. The Balaban J connectivity index is 2.24. The van der Waals surface area contributed by atoms with Crippen LogP contribution in [0.1, 0.15) is 10.4 Å². The summed E-state index contributed by atoms with van der Waals surface area (Å²) in [6.07, 6.45) is 2.50. The van der Waals surface area contributed by atoms with Crippen molar-refractivity contribution in [3.05, 3.63) is 29.8 Å². The van der Waals surface area contributed by atoms with Gasteiger partial charge < -0.3 is 5.32 Å². The van der Waals surface area contributed by atoms with Crippen LogP contribution in [0.5, 0.6) is 0 Å². The molecule has 3 nitrogen and oxygen atoms in total. The first-order valence-electron chi connectivity index (χ1n) is 4.13. The zero-order valence-electron chi connectivity index (χ0n) is 6.96. The monoisotopic (exact) mass is 180 g/mol. The van der Waals surface area contributed by atoms with Crippen LogP contribution >= 0.6 is 0 Å². The van der Waals surface area contributed by atoms with Gasteiger partial charge in [-0.3, -0.25) is 9.78 Å². The van der Waals surface area contributed by atoms with Crippen molar-refractivity contribution >= 4 is 5.78 Å². The fourth-order valence-corrected chi connectivity index (χ4v) is 1.27. The van der Waals surface area contributed by atoms with E-state index in [4.69, 9.17) is 0 Å². The average molecular weight is 180 g/mol. The Bertz CT molecular complexity index is 336. The summed E-state index contributed by atoms with van der Waals surface area (Å²) in [5.74, 6) is -0.713. The van der Waals surface area contributed by atoms with Crippen molar-refractivity contribution < 1.29 is 9.18 Å². The van der Waals surface area contributed by atoms with Crippen LogP contribution in [0.3, 0.4) is 0 Å². The molecule has 1 aliphatic rings. The molecule has 1 saturated heterocycles. The van der Waals surface area contributed by atoms with E-state index in [9.17, 15) is 9.18 Å². The minimum Gasteiger partial charge on any atom is -0.315 e. The molecule has 1 N–H and O–H groups in total. The summed E-state index contributed by atoms with van der Waals surface area (Å²) in [6, 6.07) is 1.43. The first kappa shape index (κ1) is 8.31. The molecule has 4 heteroatoms. The Morgan fingerprint density at radius 2 is 2.38 bits per heavy atom. The van der Waals surface area contributed by atoms with Crippen molar-refractivity contribution in [2.75, 3.05) is 13.1 Å². The molecule has 68 valence electrons. The number of rotatable bonds is 2. The number of aromatic nitrogens is 1. The third kappa shape index (κ3) is 1.45. The zero-order chi connectivity index (χ0) is 9.26. The van der Waals surface area contributed by atoms with E-state index in [1.54, 1.807) is 0 Å². The van der Waals surface area contributed by atoms with Gasteiger partial charge in [0, 0.05) is 25.2 Å². The molecule has 13 heavy (non-hydrogen) atoms. The predicted molar refractivity (Wildman–Crippen MR) is 44.9 cm³/mol. The van der Waals surface area contributed by atoms with Crippen LogP contribution in [-0.2, 0) is 0 Å². The van der Waals surface area contributed by atoms with Crippen LogP contribution in [0, 0.1) is 11.7 Å². The molecule has 1 aromatic heterocycles. The number of pyridine rings is 1. The second-order valence-electron chi connectivity index (χ2n) is 3.07. The highest BCUT2D eigenvalue weighted by Gasteiger charge is 2.27. The smallest absolute Gasteiger partial charge is 0.171 e. The fraction of sp³-hybridized carbons (Fsp3) is 0.333. The van der Waals surface area contributed by atoms with Gasteiger partial charge in [0.25, 0.3) is 0 Å². The van der Waals surface area contributed by atoms with Gasteiger partial charge >= 0.3 is 0 Å². The molecule has 0 aromatic carbocycles. The van der Waals surface area contributed by atoms with Crippen LogP contribution in [0.4, 0.5) is 4.39 Å². The maximum atomic E-state index is 13.1. The largest absolute Gasteiger partial charge is 0.315 e. The van der Waals surface area contributed by atoms with Gasteiger partial charge in [-0.2, -0.15) is 0 Å². The molecule has 0 spiro atoms. The number of ketones is 1. The lowest BCUT2D eigenvalue weighted by Gasteiger charge is -2.25. The average Bonchev–Trinajstić information content (AvgIpc) is 2.01. The van der Waals surface area contributed by atoms with Gasteiger partial charge in [0.2, 0.25) is 0 Å². The molecule has 2 rings (SSSR count). The van der Waals surface area contributed by atoms with E-state index in [2.05, 4.69) is 10.3 Å². The lowest BCUT2D eigenvalue weighted by atomic mass is 9.93. The standard InChI is InChI=1S/C9H9FN2O/c10-8-5-11-2-1-7(8)9(13)6-3-12-4-6/h1-2,5-6,12H,3-4H2. The van der Waals surface area contributed by atoms with Gasteiger partial charge in [0.05, 0.1) is 11.8 Å². The minimum atomic E-state index is -0.528. The number of hydrogen-bond donors (Lipinski definition) is 1. The number of hydrogen-bond acceptors (Lipinski definition) is 3. The third-order valence-electron chi connectivity index (χ3n) is 2.19. The molecular formula is C9H9FN2O. The van der Waals surface area contributed by atoms with Crippen molar-refractivity contribution in [2.24, 2.45) is 5.92 Å². The molecule has 0 radical (unpaired) electrons. The molecule has 1 aliphatic heterocycles. The number of carbonyl (C=O) groups excluding carboxylic acids is 1. The molecule has 0 bridgehead atoms. The van der Waals surface area contributed by atoms with Gasteiger partial charge in [0.1, 0.15) is 0 Å². The number of carbonyl (C=O) groups is 1. The second-order valence-corrected chi connectivity index (χ2v) is 3.07. The van der Waals surface area contributed by atoms with Crippen LogP contribution in [0.25, 0.3) is 0 Å². The lowest BCUT2D eigenvalue weighted by Crippen LogP contribution is -2.46. The van der Waals surface area contributed by atoms with Gasteiger partial charge in [-0.25, -0.2) is 4.39 Å². The maximum Gasteiger partial charge on any atom is 0.171 e. The summed E-state index contributed by atoms with van der Waals surface area (Å²) >= 11 is 0. The van der Waals surface area contributed by atoms with E-state index >= 15 is 0 Å². The minimum absolute atomic E-state index is 0.0584. The SMILES string of the molecule is O=C(c1ccncc1F)C1CNC1. The quantitative estimate of drug-likeness (QED) is 0.678. The Morgan fingerprint density at radius 3 is 2.92 bits per heavy atom. The van der Waals surface area contributed by atoms with Gasteiger partial charge in [-0.05, 0) is 6.07 Å². The summed E-state index contributed by atoms with van der Waals surface area (Å²) < 4.78 is 13.1. The Labute approximate surface area is 75.0 Å². The Hall–Kier alpha value is -1.29. The van der Waals surface area contributed by atoms with Crippen molar-refractivity contribution in [1.82, 2.24) is 10.3 Å². The van der Waals surface area contributed by atoms with Gasteiger partial charge in [0.15, 0.2) is 11.6 Å². The maximum absolute atomic E-state index is 13.1. The van der Waals surface area contributed by atoms with Crippen molar-refractivity contribution in [2.45, 2.75) is 0 Å². The van der Waals surface area contributed by atoms with Crippen molar-refractivity contribution in [3.63, 3.8) is 0 Å². The summed E-state index contributed by atoms with van der Waals surface area (Å²) in [6.45, 7) is 1.31. The second kappa shape index (κ2) is 3.22. The van der Waals surface area contributed by atoms with Gasteiger partial charge in [-0.1, -0.05) is 0 Å². The normalized spacial score (nSPS) is 16.7. The topological polar surface area (TPSA) is 42.0 Å². The summed E-state index contributed by atoms with van der Waals surface area (Å²) in [5, 5.41) is 2.97. The summed E-state index contributed by atoms with van der Waals surface area (Å²) in [4.78, 5) is 15.1. The van der Waals surface area contributed by atoms with Crippen LogP contribution in [-0.4, -0.2) is 23.9 Å². The number of nitrogens with zero attached hydrogens (tertiary/aromatic N) is 1. The van der Waals surface area contributed by atoms with E-state index in [1.165, 1.54) is 12.3 Å².